The molecule has 0 atom stereocenters. The van der Waals surface area contributed by atoms with Crippen LogP contribution in [-0.4, -0.2) is 58.7 Å². The van der Waals surface area contributed by atoms with Gasteiger partial charge in [-0.1, -0.05) is 48.5 Å². The first-order valence-corrected chi connectivity index (χ1v) is 9.41. The average Bonchev–Trinajstić information content (AvgIpc) is 3.05. The summed E-state index contributed by atoms with van der Waals surface area (Å²) in [6, 6.07) is 19.9. The van der Waals surface area contributed by atoms with Crippen LogP contribution in [0.1, 0.15) is 16.8 Å². The molecule has 1 saturated heterocycles. The molecule has 1 aliphatic heterocycles. The zero-order valence-corrected chi connectivity index (χ0v) is 15.6. The maximum atomic E-state index is 13.4. The van der Waals surface area contributed by atoms with E-state index in [1.165, 1.54) is 0 Å². The Morgan fingerprint density at radius 1 is 0.889 bits per heavy atom. The minimum absolute atomic E-state index is 0.0614. The Hall–Kier alpha value is -2.92. The van der Waals surface area contributed by atoms with Crippen molar-refractivity contribution >= 4 is 5.91 Å². The number of para-hydroxylation sites is 1. The third-order valence-corrected chi connectivity index (χ3v) is 5.02. The fourth-order valence-corrected chi connectivity index (χ4v) is 3.47. The Morgan fingerprint density at radius 2 is 1.59 bits per heavy atom. The first-order valence-electron chi connectivity index (χ1n) is 9.41. The largest absolute Gasteiger partial charge is 0.337 e. The molecule has 4 rings (SSSR count). The number of aromatic nitrogens is 2. The zero-order valence-electron chi connectivity index (χ0n) is 15.6. The number of likely N-dealkylation sites (N-methyl/N-ethyl adjacent to an activating group) is 1. The lowest BCUT2D eigenvalue weighted by atomic mass is 10.1. The van der Waals surface area contributed by atoms with Crippen LogP contribution >= 0.6 is 0 Å². The summed E-state index contributed by atoms with van der Waals surface area (Å²) in [5.41, 5.74) is 3.31. The van der Waals surface area contributed by atoms with Gasteiger partial charge in [0.25, 0.3) is 5.91 Å². The molecule has 1 fully saturated rings. The Morgan fingerprint density at radius 3 is 2.33 bits per heavy atom. The summed E-state index contributed by atoms with van der Waals surface area (Å²) in [6.07, 6.45) is 2.87. The number of carbonyl (C=O) groups is 1. The number of carbonyl (C=O) groups excluding carboxylic acids is 1. The van der Waals surface area contributed by atoms with Crippen LogP contribution in [0.3, 0.4) is 0 Å². The molecule has 2 aromatic carbocycles. The van der Waals surface area contributed by atoms with Crippen molar-refractivity contribution in [1.29, 1.82) is 0 Å². The molecule has 0 aliphatic carbocycles. The maximum absolute atomic E-state index is 13.4. The Kier molecular flexibility index (Phi) is 5.03. The van der Waals surface area contributed by atoms with Crippen molar-refractivity contribution in [2.24, 2.45) is 0 Å². The molecular weight excluding hydrogens is 336 g/mol. The summed E-state index contributed by atoms with van der Waals surface area (Å²) in [7, 11) is 2.11. The van der Waals surface area contributed by atoms with Crippen LogP contribution in [-0.2, 0) is 0 Å². The molecule has 2 heterocycles. The second-order valence-corrected chi connectivity index (χ2v) is 6.99. The van der Waals surface area contributed by atoms with Gasteiger partial charge in [-0.15, -0.1) is 0 Å². The predicted octanol–water partition coefficient (Wildman–Crippen LogP) is 3.32. The van der Waals surface area contributed by atoms with E-state index >= 15 is 0 Å². The van der Waals surface area contributed by atoms with Gasteiger partial charge in [0.15, 0.2) is 0 Å². The lowest BCUT2D eigenvalue weighted by Crippen LogP contribution is -2.34. The highest BCUT2D eigenvalue weighted by Gasteiger charge is 2.24. The third kappa shape index (κ3) is 3.78. The number of amides is 1. The van der Waals surface area contributed by atoms with E-state index in [9.17, 15) is 4.79 Å². The van der Waals surface area contributed by atoms with E-state index in [2.05, 4.69) is 11.9 Å². The summed E-state index contributed by atoms with van der Waals surface area (Å²) in [5, 5.41) is 4.76. The predicted molar refractivity (Wildman–Crippen MR) is 107 cm³/mol. The Balaban J connectivity index is 1.74. The first kappa shape index (κ1) is 17.5. The van der Waals surface area contributed by atoms with Crippen molar-refractivity contribution in [2.75, 3.05) is 33.2 Å². The number of nitrogens with zero attached hydrogens (tertiary/aromatic N) is 4. The smallest absolute Gasteiger partial charge is 0.257 e. The first-order chi connectivity index (χ1) is 13.2. The molecule has 0 unspecified atom stereocenters. The highest BCUT2D eigenvalue weighted by atomic mass is 16.2. The summed E-state index contributed by atoms with van der Waals surface area (Å²) in [5.74, 6) is 0.0614. The average molecular weight is 360 g/mol. The van der Waals surface area contributed by atoms with Crippen molar-refractivity contribution in [3.8, 4) is 16.9 Å². The molecule has 3 aromatic rings. The van der Waals surface area contributed by atoms with Crippen molar-refractivity contribution < 1.29 is 4.79 Å². The van der Waals surface area contributed by atoms with Crippen LogP contribution < -0.4 is 0 Å². The topological polar surface area (TPSA) is 41.4 Å². The van der Waals surface area contributed by atoms with E-state index < -0.39 is 0 Å². The van der Waals surface area contributed by atoms with E-state index in [1.54, 1.807) is 4.68 Å². The molecule has 0 spiro atoms. The molecule has 1 aliphatic rings. The molecule has 5 heteroatoms. The van der Waals surface area contributed by atoms with E-state index in [0.29, 0.717) is 5.56 Å². The molecule has 5 nitrogen and oxygen atoms in total. The van der Waals surface area contributed by atoms with Gasteiger partial charge in [0.2, 0.25) is 0 Å². The standard InChI is InChI=1S/C22H24N4O/c1-24-13-8-14-25(16-15-24)22(27)20-17-26(19-11-6-3-7-12-19)23-21(20)18-9-4-2-5-10-18/h2-7,9-12,17H,8,13-16H2,1H3. The van der Waals surface area contributed by atoms with Crippen LogP contribution in [0.2, 0.25) is 0 Å². The SMILES string of the molecule is CN1CCCN(C(=O)c2cn(-c3ccccc3)nc2-c2ccccc2)CC1. The van der Waals surface area contributed by atoms with Crippen LogP contribution in [0.4, 0.5) is 0 Å². The third-order valence-electron chi connectivity index (χ3n) is 5.02. The van der Waals surface area contributed by atoms with Crippen molar-refractivity contribution in [1.82, 2.24) is 19.6 Å². The monoisotopic (exact) mass is 360 g/mol. The highest BCUT2D eigenvalue weighted by Crippen LogP contribution is 2.25. The summed E-state index contributed by atoms with van der Waals surface area (Å²) >= 11 is 0. The highest BCUT2D eigenvalue weighted by molar-refractivity contribution is 6.00. The van der Waals surface area contributed by atoms with Gasteiger partial charge in [-0.3, -0.25) is 4.79 Å². The van der Waals surface area contributed by atoms with Gasteiger partial charge in [0.1, 0.15) is 5.69 Å². The Labute approximate surface area is 159 Å². The van der Waals surface area contributed by atoms with Gasteiger partial charge in [-0.2, -0.15) is 5.10 Å². The fraction of sp³-hybridized carbons (Fsp3) is 0.273. The van der Waals surface area contributed by atoms with Crippen LogP contribution in [0.5, 0.6) is 0 Å². The van der Waals surface area contributed by atoms with Crippen LogP contribution in [0, 0.1) is 0 Å². The number of hydrogen-bond donors (Lipinski definition) is 0. The molecule has 0 bridgehead atoms. The van der Waals surface area contributed by atoms with Crippen molar-refractivity contribution in [2.45, 2.75) is 6.42 Å². The molecule has 0 saturated carbocycles. The summed E-state index contributed by atoms with van der Waals surface area (Å²) in [4.78, 5) is 17.6. The summed E-state index contributed by atoms with van der Waals surface area (Å²) < 4.78 is 1.81. The van der Waals surface area contributed by atoms with E-state index in [0.717, 1.165) is 49.5 Å². The summed E-state index contributed by atoms with van der Waals surface area (Å²) in [6.45, 7) is 3.46. The van der Waals surface area contributed by atoms with Crippen molar-refractivity contribution in [3.05, 3.63) is 72.4 Å². The van der Waals surface area contributed by atoms with Crippen molar-refractivity contribution in [3.63, 3.8) is 0 Å². The van der Waals surface area contributed by atoms with E-state index in [1.807, 2.05) is 71.8 Å². The molecule has 1 aromatic heterocycles. The molecule has 0 radical (unpaired) electrons. The molecule has 138 valence electrons. The van der Waals surface area contributed by atoms with Gasteiger partial charge in [0, 0.05) is 31.4 Å². The normalized spacial score (nSPS) is 15.5. The minimum atomic E-state index is 0.0614. The van der Waals surface area contributed by atoms with Gasteiger partial charge in [-0.05, 0) is 32.1 Å². The van der Waals surface area contributed by atoms with Gasteiger partial charge in [-0.25, -0.2) is 4.68 Å². The van der Waals surface area contributed by atoms with Crippen LogP contribution in [0.25, 0.3) is 16.9 Å². The second-order valence-electron chi connectivity index (χ2n) is 6.99. The molecule has 0 N–H and O–H groups in total. The number of rotatable bonds is 3. The van der Waals surface area contributed by atoms with Crippen LogP contribution in [0.15, 0.2) is 66.9 Å². The quantitative estimate of drug-likeness (QED) is 0.719. The lowest BCUT2D eigenvalue weighted by Gasteiger charge is -2.20. The molecule has 27 heavy (non-hydrogen) atoms. The van der Waals surface area contributed by atoms with Gasteiger partial charge in [0.05, 0.1) is 11.3 Å². The molecule has 1 amide bonds. The number of benzene rings is 2. The van der Waals surface area contributed by atoms with Gasteiger partial charge >= 0.3 is 0 Å². The molecular formula is C22H24N4O. The zero-order chi connectivity index (χ0) is 18.6. The maximum Gasteiger partial charge on any atom is 0.257 e. The fourth-order valence-electron chi connectivity index (χ4n) is 3.47. The number of hydrogen-bond acceptors (Lipinski definition) is 3. The van der Waals surface area contributed by atoms with E-state index in [4.69, 9.17) is 5.10 Å². The Bertz CT molecular complexity index is 905. The minimum Gasteiger partial charge on any atom is -0.337 e. The van der Waals surface area contributed by atoms with Gasteiger partial charge < -0.3 is 9.80 Å². The second kappa shape index (κ2) is 7.76. The lowest BCUT2D eigenvalue weighted by molar-refractivity contribution is 0.0763. The van der Waals surface area contributed by atoms with E-state index in [-0.39, 0.29) is 5.91 Å².